The van der Waals surface area contributed by atoms with Crippen molar-refractivity contribution in [2.45, 2.75) is 57.9 Å². The van der Waals surface area contributed by atoms with Gasteiger partial charge in [-0.3, -0.25) is 0 Å². The van der Waals surface area contributed by atoms with Gasteiger partial charge in [0, 0.05) is 6.04 Å². The molecule has 0 radical (unpaired) electrons. The van der Waals surface area contributed by atoms with Gasteiger partial charge in [0.2, 0.25) is 10.0 Å². The van der Waals surface area contributed by atoms with Crippen molar-refractivity contribution in [3.05, 3.63) is 30.3 Å². The highest BCUT2D eigenvalue weighted by atomic mass is 32.2. The van der Waals surface area contributed by atoms with E-state index in [1.165, 1.54) is 0 Å². The van der Waals surface area contributed by atoms with Gasteiger partial charge >= 0.3 is 0 Å². The van der Waals surface area contributed by atoms with E-state index < -0.39 is 10.0 Å². The number of hydrogen-bond acceptors (Lipinski definition) is 2. The highest BCUT2D eigenvalue weighted by molar-refractivity contribution is 7.89. The van der Waals surface area contributed by atoms with Gasteiger partial charge in [0.1, 0.15) is 0 Å². The summed E-state index contributed by atoms with van der Waals surface area (Å²) >= 11 is 0. The molecule has 4 heteroatoms. The normalized spacial score (nSPS) is 22.6. The van der Waals surface area contributed by atoms with E-state index in [0.717, 1.165) is 19.3 Å². The van der Waals surface area contributed by atoms with Crippen molar-refractivity contribution in [1.82, 2.24) is 4.72 Å². The Kier molecular flexibility index (Phi) is 4.00. The van der Waals surface area contributed by atoms with Crippen LogP contribution in [-0.2, 0) is 10.0 Å². The molecule has 20 heavy (non-hydrogen) atoms. The largest absolute Gasteiger partial charge is 0.240 e. The van der Waals surface area contributed by atoms with E-state index >= 15 is 0 Å². The smallest absolute Gasteiger partial charge is 0.208 e. The van der Waals surface area contributed by atoms with Gasteiger partial charge in [-0.2, -0.15) is 0 Å². The number of nitrogens with one attached hydrogen (secondary N) is 1. The molecule has 0 saturated heterocycles. The Bertz CT molecular complexity index is 545. The van der Waals surface area contributed by atoms with Crippen molar-refractivity contribution in [3.8, 4) is 0 Å². The lowest BCUT2D eigenvalue weighted by Gasteiger charge is -2.45. The first-order valence-electron chi connectivity index (χ1n) is 7.17. The minimum absolute atomic E-state index is 0.0129. The van der Waals surface area contributed by atoms with Crippen LogP contribution in [0.15, 0.2) is 35.2 Å². The molecule has 1 aromatic rings. The Morgan fingerprint density at radius 2 is 1.50 bits per heavy atom. The lowest BCUT2D eigenvalue weighted by Crippen LogP contribution is -2.45. The van der Waals surface area contributed by atoms with Gasteiger partial charge in [-0.1, -0.05) is 45.9 Å². The highest BCUT2D eigenvalue weighted by Gasteiger charge is 2.39. The molecule has 0 aliphatic heterocycles. The third-order valence-electron chi connectivity index (χ3n) is 3.93. The van der Waals surface area contributed by atoms with Crippen molar-refractivity contribution in [2.24, 2.45) is 10.8 Å². The Hall–Kier alpha value is -0.870. The molecule has 0 unspecified atom stereocenters. The molecule has 0 spiro atoms. The topological polar surface area (TPSA) is 46.2 Å². The summed E-state index contributed by atoms with van der Waals surface area (Å²) in [6.45, 7) is 8.88. The summed E-state index contributed by atoms with van der Waals surface area (Å²) in [4.78, 5) is 0.348. The quantitative estimate of drug-likeness (QED) is 0.926. The Morgan fingerprint density at radius 1 is 1.00 bits per heavy atom. The average molecular weight is 295 g/mol. The van der Waals surface area contributed by atoms with Gasteiger partial charge in [-0.05, 0) is 42.2 Å². The van der Waals surface area contributed by atoms with E-state index in [9.17, 15) is 8.42 Å². The molecule has 1 aromatic carbocycles. The van der Waals surface area contributed by atoms with Gasteiger partial charge in [0.25, 0.3) is 0 Å². The molecule has 2 rings (SSSR count). The van der Waals surface area contributed by atoms with E-state index in [1.807, 2.05) is 6.07 Å². The predicted molar refractivity (Wildman–Crippen MR) is 82.0 cm³/mol. The van der Waals surface area contributed by atoms with Gasteiger partial charge in [0.05, 0.1) is 4.90 Å². The second-order valence-electron chi connectivity index (χ2n) is 7.54. The number of hydrogen-bond donors (Lipinski definition) is 1. The van der Waals surface area contributed by atoms with Crippen LogP contribution in [0.5, 0.6) is 0 Å². The summed E-state index contributed by atoms with van der Waals surface area (Å²) in [5, 5.41) is 0. The predicted octanol–water partition coefficient (Wildman–Crippen LogP) is 3.57. The third-order valence-corrected chi connectivity index (χ3v) is 5.47. The van der Waals surface area contributed by atoms with E-state index in [2.05, 4.69) is 32.4 Å². The zero-order chi connectivity index (χ0) is 15.0. The summed E-state index contributed by atoms with van der Waals surface area (Å²) < 4.78 is 27.7. The maximum absolute atomic E-state index is 12.4. The molecular formula is C16H25NO2S. The lowest BCUT2D eigenvalue weighted by molar-refractivity contribution is 0.0934. The van der Waals surface area contributed by atoms with Crippen molar-refractivity contribution < 1.29 is 8.42 Å². The molecule has 0 heterocycles. The fraction of sp³-hybridized carbons (Fsp3) is 0.625. The molecule has 1 aliphatic rings. The first-order valence-corrected chi connectivity index (χ1v) is 8.65. The van der Waals surface area contributed by atoms with Gasteiger partial charge < -0.3 is 0 Å². The summed E-state index contributed by atoms with van der Waals surface area (Å²) in [5.41, 5.74) is 0.344. The highest BCUT2D eigenvalue weighted by Crippen LogP contribution is 2.45. The van der Waals surface area contributed by atoms with Crippen LogP contribution < -0.4 is 4.72 Å². The molecule has 0 aromatic heterocycles. The number of rotatable bonds is 3. The summed E-state index contributed by atoms with van der Waals surface area (Å²) in [6.07, 6.45) is 2.91. The van der Waals surface area contributed by atoms with E-state index in [1.54, 1.807) is 24.3 Å². The molecule has 0 bridgehead atoms. The number of benzene rings is 1. The number of sulfonamides is 1. The van der Waals surface area contributed by atoms with Crippen LogP contribution >= 0.6 is 0 Å². The Labute approximate surface area is 122 Å². The average Bonchev–Trinajstić information content (AvgIpc) is 2.25. The first-order chi connectivity index (χ1) is 9.10. The summed E-state index contributed by atoms with van der Waals surface area (Å²) in [6, 6.07) is 8.63. The Morgan fingerprint density at radius 3 is 2.00 bits per heavy atom. The van der Waals surface area contributed by atoms with Gasteiger partial charge in [-0.25, -0.2) is 13.1 Å². The van der Waals surface area contributed by atoms with Crippen LogP contribution in [-0.4, -0.2) is 14.5 Å². The van der Waals surface area contributed by atoms with Crippen molar-refractivity contribution in [2.75, 3.05) is 0 Å². The van der Waals surface area contributed by atoms with Crippen molar-refractivity contribution in [3.63, 3.8) is 0 Å². The van der Waals surface area contributed by atoms with Gasteiger partial charge in [-0.15, -0.1) is 0 Å². The molecule has 1 N–H and O–H groups in total. The van der Waals surface area contributed by atoms with Crippen molar-refractivity contribution in [1.29, 1.82) is 0 Å². The van der Waals surface area contributed by atoms with E-state index in [0.29, 0.717) is 4.90 Å². The third kappa shape index (κ3) is 3.83. The fourth-order valence-corrected chi connectivity index (χ4v) is 5.07. The van der Waals surface area contributed by atoms with Crippen LogP contribution in [0.2, 0.25) is 0 Å². The zero-order valence-corrected chi connectivity index (χ0v) is 13.6. The van der Waals surface area contributed by atoms with Crippen LogP contribution in [0, 0.1) is 10.8 Å². The maximum atomic E-state index is 12.4. The molecule has 1 saturated carbocycles. The van der Waals surface area contributed by atoms with E-state index in [4.69, 9.17) is 0 Å². The van der Waals surface area contributed by atoms with Crippen LogP contribution in [0.1, 0.15) is 47.0 Å². The minimum atomic E-state index is -3.41. The van der Waals surface area contributed by atoms with Crippen LogP contribution in [0.4, 0.5) is 0 Å². The molecular weight excluding hydrogens is 270 g/mol. The first kappa shape index (κ1) is 15.5. The Balaban J connectivity index is 2.17. The van der Waals surface area contributed by atoms with Crippen LogP contribution in [0.3, 0.4) is 0 Å². The van der Waals surface area contributed by atoms with E-state index in [-0.39, 0.29) is 16.9 Å². The lowest BCUT2D eigenvalue weighted by atomic mass is 9.64. The van der Waals surface area contributed by atoms with Crippen molar-refractivity contribution >= 4 is 10.0 Å². The fourth-order valence-electron chi connectivity index (χ4n) is 3.82. The molecule has 1 aliphatic carbocycles. The zero-order valence-electron chi connectivity index (χ0n) is 12.8. The second-order valence-corrected chi connectivity index (χ2v) is 9.26. The SMILES string of the molecule is CC1(C)CC(NS(=O)(=O)c2ccccc2)CC(C)(C)C1. The molecule has 0 amide bonds. The molecule has 0 atom stereocenters. The monoisotopic (exact) mass is 295 g/mol. The molecule has 1 fully saturated rings. The standard InChI is InChI=1S/C16H25NO2S/c1-15(2)10-13(11-16(3,4)12-15)17-20(18,19)14-8-6-5-7-9-14/h5-9,13,17H,10-12H2,1-4H3. The summed E-state index contributed by atoms with van der Waals surface area (Å²) in [5.74, 6) is 0. The van der Waals surface area contributed by atoms with Gasteiger partial charge in [0.15, 0.2) is 0 Å². The molecule has 3 nitrogen and oxygen atoms in total. The second kappa shape index (κ2) is 5.15. The minimum Gasteiger partial charge on any atom is -0.208 e. The maximum Gasteiger partial charge on any atom is 0.240 e. The molecule has 112 valence electrons. The summed E-state index contributed by atoms with van der Waals surface area (Å²) in [7, 11) is -3.41. The van der Waals surface area contributed by atoms with Crippen LogP contribution in [0.25, 0.3) is 0 Å².